The highest BCUT2D eigenvalue weighted by molar-refractivity contribution is 7.98. The molecule has 2 aromatic rings. The number of rotatable bonds is 6. The Balaban J connectivity index is 2.09. The summed E-state index contributed by atoms with van der Waals surface area (Å²) in [6, 6.07) is 7.73. The van der Waals surface area contributed by atoms with Crippen LogP contribution in [0.1, 0.15) is 12.5 Å². The first-order valence-corrected chi connectivity index (χ1v) is 8.25. The lowest BCUT2D eigenvalue weighted by Crippen LogP contribution is -2.39. The molecule has 2 rings (SSSR count). The SMILES string of the molecule is CSCC(C)(O)CNCc1ccc(Cl)c2cccnc12. The van der Waals surface area contributed by atoms with Crippen molar-refractivity contribution in [2.24, 2.45) is 0 Å². The zero-order chi connectivity index (χ0) is 14.6. The number of benzene rings is 1. The van der Waals surface area contributed by atoms with Gasteiger partial charge in [0.25, 0.3) is 0 Å². The largest absolute Gasteiger partial charge is 0.388 e. The first-order chi connectivity index (χ1) is 9.53. The summed E-state index contributed by atoms with van der Waals surface area (Å²) in [5.74, 6) is 0.708. The van der Waals surface area contributed by atoms with Crippen molar-refractivity contribution in [3.05, 3.63) is 41.0 Å². The molecular formula is C15H19ClN2OS. The van der Waals surface area contributed by atoms with E-state index in [2.05, 4.69) is 10.3 Å². The Kier molecular flexibility index (Phi) is 5.27. The molecule has 1 atom stereocenters. The molecule has 1 unspecified atom stereocenters. The fourth-order valence-corrected chi connectivity index (χ4v) is 3.11. The summed E-state index contributed by atoms with van der Waals surface area (Å²) >= 11 is 7.81. The Morgan fingerprint density at radius 3 is 2.95 bits per heavy atom. The number of aromatic nitrogens is 1. The minimum absolute atomic E-state index is 0.546. The zero-order valence-corrected chi connectivity index (χ0v) is 13.3. The van der Waals surface area contributed by atoms with Crippen LogP contribution in [0.15, 0.2) is 30.5 Å². The van der Waals surface area contributed by atoms with Crippen molar-refractivity contribution in [3.8, 4) is 0 Å². The molecular weight excluding hydrogens is 292 g/mol. The van der Waals surface area contributed by atoms with E-state index in [9.17, 15) is 5.11 Å². The molecule has 0 saturated heterocycles. The monoisotopic (exact) mass is 310 g/mol. The van der Waals surface area contributed by atoms with Gasteiger partial charge in [0.05, 0.1) is 11.1 Å². The fraction of sp³-hybridized carbons (Fsp3) is 0.400. The Labute approximate surface area is 128 Å². The minimum atomic E-state index is -0.699. The quantitative estimate of drug-likeness (QED) is 0.860. The lowest BCUT2D eigenvalue weighted by molar-refractivity contribution is 0.0846. The number of nitrogens with zero attached hydrogens (tertiary/aromatic N) is 1. The van der Waals surface area contributed by atoms with E-state index in [-0.39, 0.29) is 0 Å². The third-order valence-electron chi connectivity index (χ3n) is 3.08. The number of halogens is 1. The highest BCUT2D eigenvalue weighted by Gasteiger charge is 2.18. The lowest BCUT2D eigenvalue weighted by Gasteiger charge is -2.22. The van der Waals surface area contributed by atoms with Crippen LogP contribution in [0.3, 0.4) is 0 Å². The van der Waals surface area contributed by atoms with Crippen LogP contribution in [-0.2, 0) is 6.54 Å². The summed E-state index contributed by atoms with van der Waals surface area (Å²) in [6.07, 6.45) is 3.76. The van der Waals surface area contributed by atoms with Crippen LogP contribution in [-0.4, -0.2) is 34.2 Å². The molecule has 1 aromatic carbocycles. The van der Waals surface area contributed by atoms with E-state index in [0.29, 0.717) is 23.9 Å². The van der Waals surface area contributed by atoms with E-state index in [4.69, 9.17) is 11.6 Å². The van der Waals surface area contributed by atoms with Gasteiger partial charge in [0.15, 0.2) is 0 Å². The van der Waals surface area contributed by atoms with Gasteiger partial charge in [-0.2, -0.15) is 11.8 Å². The van der Waals surface area contributed by atoms with Crippen LogP contribution in [0.25, 0.3) is 10.9 Å². The maximum Gasteiger partial charge on any atom is 0.0833 e. The summed E-state index contributed by atoms with van der Waals surface area (Å²) in [7, 11) is 0. The summed E-state index contributed by atoms with van der Waals surface area (Å²) in [5.41, 5.74) is 1.30. The van der Waals surface area contributed by atoms with E-state index < -0.39 is 5.60 Å². The highest BCUT2D eigenvalue weighted by atomic mass is 35.5. The maximum absolute atomic E-state index is 10.1. The van der Waals surface area contributed by atoms with E-state index in [1.165, 1.54) is 0 Å². The van der Waals surface area contributed by atoms with Crippen LogP contribution < -0.4 is 5.32 Å². The molecule has 0 amide bonds. The van der Waals surface area contributed by atoms with Gasteiger partial charge in [-0.05, 0) is 36.9 Å². The fourth-order valence-electron chi connectivity index (χ4n) is 2.17. The van der Waals surface area contributed by atoms with Crippen molar-refractivity contribution in [2.45, 2.75) is 19.1 Å². The maximum atomic E-state index is 10.1. The van der Waals surface area contributed by atoms with Crippen LogP contribution >= 0.6 is 23.4 Å². The molecule has 108 valence electrons. The Morgan fingerprint density at radius 2 is 2.20 bits per heavy atom. The predicted molar refractivity (Wildman–Crippen MR) is 87.5 cm³/mol. The molecule has 1 heterocycles. The second-order valence-electron chi connectivity index (χ2n) is 5.14. The molecule has 0 bridgehead atoms. The van der Waals surface area contributed by atoms with E-state index in [1.807, 2.05) is 37.4 Å². The molecule has 20 heavy (non-hydrogen) atoms. The Morgan fingerprint density at radius 1 is 1.40 bits per heavy atom. The van der Waals surface area contributed by atoms with Gasteiger partial charge < -0.3 is 10.4 Å². The molecule has 5 heteroatoms. The van der Waals surface area contributed by atoms with Crippen molar-refractivity contribution < 1.29 is 5.11 Å². The number of thioether (sulfide) groups is 1. The summed E-state index contributed by atoms with van der Waals surface area (Å²) in [6.45, 7) is 3.05. The van der Waals surface area contributed by atoms with Gasteiger partial charge in [0.2, 0.25) is 0 Å². The third-order valence-corrected chi connectivity index (χ3v) is 4.32. The normalized spacial score (nSPS) is 14.4. The first-order valence-electron chi connectivity index (χ1n) is 6.48. The molecule has 0 aliphatic heterocycles. The van der Waals surface area contributed by atoms with Crippen LogP contribution in [0.5, 0.6) is 0 Å². The third kappa shape index (κ3) is 3.85. The second kappa shape index (κ2) is 6.76. The molecule has 2 N–H and O–H groups in total. The van der Waals surface area contributed by atoms with Crippen LogP contribution in [0, 0.1) is 0 Å². The summed E-state index contributed by atoms with van der Waals surface area (Å²) in [4.78, 5) is 4.40. The molecule has 3 nitrogen and oxygen atoms in total. The second-order valence-corrected chi connectivity index (χ2v) is 6.41. The minimum Gasteiger partial charge on any atom is -0.388 e. The molecule has 0 spiro atoms. The number of pyridine rings is 1. The number of hydrogen-bond donors (Lipinski definition) is 2. The van der Waals surface area contributed by atoms with E-state index >= 15 is 0 Å². The Hall–Kier alpha value is -0.810. The van der Waals surface area contributed by atoms with Crippen molar-refractivity contribution in [3.63, 3.8) is 0 Å². The molecule has 0 aliphatic carbocycles. The van der Waals surface area contributed by atoms with Crippen molar-refractivity contribution >= 4 is 34.3 Å². The van der Waals surface area contributed by atoms with E-state index in [0.717, 1.165) is 16.5 Å². The van der Waals surface area contributed by atoms with Gasteiger partial charge in [-0.25, -0.2) is 0 Å². The van der Waals surface area contributed by atoms with E-state index in [1.54, 1.807) is 18.0 Å². The van der Waals surface area contributed by atoms with Gasteiger partial charge in [-0.15, -0.1) is 0 Å². The highest BCUT2D eigenvalue weighted by Crippen LogP contribution is 2.24. The lowest BCUT2D eigenvalue weighted by atomic mass is 10.1. The first kappa shape index (κ1) is 15.6. The summed E-state index contributed by atoms with van der Waals surface area (Å²) in [5, 5.41) is 15.1. The smallest absolute Gasteiger partial charge is 0.0833 e. The van der Waals surface area contributed by atoms with Crippen LogP contribution in [0.2, 0.25) is 5.02 Å². The van der Waals surface area contributed by atoms with Crippen molar-refractivity contribution in [2.75, 3.05) is 18.6 Å². The van der Waals surface area contributed by atoms with Gasteiger partial charge in [-0.3, -0.25) is 4.98 Å². The van der Waals surface area contributed by atoms with Crippen LogP contribution in [0.4, 0.5) is 0 Å². The molecule has 1 aromatic heterocycles. The Bertz CT molecular complexity index is 589. The molecule has 0 aliphatic rings. The topological polar surface area (TPSA) is 45.1 Å². The van der Waals surface area contributed by atoms with Gasteiger partial charge >= 0.3 is 0 Å². The molecule has 0 fully saturated rings. The number of nitrogens with one attached hydrogen (secondary N) is 1. The number of aliphatic hydroxyl groups is 1. The predicted octanol–water partition coefficient (Wildman–Crippen LogP) is 3.09. The standard InChI is InChI=1S/C15H19ClN2OS/c1-15(19,10-20-2)9-17-8-11-5-6-13(16)12-4-3-7-18-14(11)12/h3-7,17,19H,8-10H2,1-2H3. The molecule has 0 saturated carbocycles. The van der Waals surface area contributed by atoms with Gasteiger partial charge in [0, 0.05) is 35.4 Å². The average Bonchev–Trinajstić information content (AvgIpc) is 2.41. The zero-order valence-electron chi connectivity index (χ0n) is 11.7. The summed E-state index contributed by atoms with van der Waals surface area (Å²) < 4.78 is 0. The molecule has 0 radical (unpaired) electrons. The van der Waals surface area contributed by atoms with Gasteiger partial charge in [0.1, 0.15) is 0 Å². The number of hydrogen-bond acceptors (Lipinski definition) is 4. The van der Waals surface area contributed by atoms with Crippen molar-refractivity contribution in [1.82, 2.24) is 10.3 Å². The van der Waals surface area contributed by atoms with Gasteiger partial charge in [-0.1, -0.05) is 17.7 Å². The average molecular weight is 311 g/mol. The van der Waals surface area contributed by atoms with Crippen molar-refractivity contribution in [1.29, 1.82) is 0 Å². The number of fused-ring (bicyclic) bond motifs is 1.